The van der Waals surface area contributed by atoms with Crippen LogP contribution in [0.25, 0.3) is 22.4 Å². The van der Waals surface area contributed by atoms with Gasteiger partial charge in [-0.25, -0.2) is 4.98 Å². The number of benzene rings is 2. The molecule has 9 heteroatoms. The van der Waals surface area contributed by atoms with Crippen LogP contribution in [0.2, 0.25) is 0 Å². The van der Waals surface area contributed by atoms with Crippen molar-refractivity contribution in [2.75, 3.05) is 5.32 Å². The minimum Gasteiger partial charge on any atom is -0.444 e. The minimum atomic E-state index is -4.42. The second-order valence-electron chi connectivity index (χ2n) is 5.74. The molecule has 6 nitrogen and oxygen atoms in total. The molecule has 2 N–H and O–H groups in total. The molecule has 0 saturated carbocycles. The number of anilines is 1. The van der Waals surface area contributed by atoms with E-state index in [0.29, 0.717) is 11.3 Å². The minimum absolute atomic E-state index is 0.00889. The van der Waals surface area contributed by atoms with Crippen molar-refractivity contribution >= 4 is 22.5 Å². The van der Waals surface area contributed by atoms with Crippen LogP contribution >= 0.6 is 0 Å². The maximum atomic E-state index is 12.6. The fraction of sp³-hybridized carbons (Fsp3) is 0.0556. The highest BCUT2D eigenvalue weighted by Gasteiger charge is 2.30. The number of H-pyrrole nitrogens is 1. The summed E-state index contributed by atoms with van der Waals surface area (Å²) >= 11 is 0. The van der Waals surface area contributed by atoms with Crippen LogP contribution in [0.5, 0.6) is 0 Å². The molecule has 0 aliphatic rings. The number of carbonyl (C=O) groups excluding carboxylic acids is 1. The molecule has 2 aromatic carbocycles. The summed E-state index contributed by atoms with van der Waals surface area (Å²) in [6.07, 6.45) is -1.61. The Morgan fingerprint density at radius 2 is 1.89 bits per heavy atom. The van der Waals surface area contributed by atoms with Crippen LogP contribution in [-0.4, -0.2) is 21.1 Å². The number of aromatic nitrogens is 3. The second-order valence-corrected chi connectivity index (χ2v) is 5.74. The summed E-state index contributed by atoms with van der Waals surface area (Å²) in [6.45, 7) is 0. The van der Waals surface area contributed by atoms with E-state index in [1.54, 1.807) is 24.4 Å². The van der Waals surface area contributed by atoms with Gasteiger partial charge in [-0.05, 0) is 42.5 Å². The normalized spacial score (nSPS) is 11.7. The summed E-state index contributed by atoms with van der Waals surface area (Å²) in [5, 5.41) is 10.3. The van der Waals surface area contributed by atoms with Gasteiger partial charge in [-0.3, -0.25) is 9.89 Å². The number of amides is 1. The summed E-state index contributed by atoms with van der Waals surface area (Å²) in [5.74, 6) is -0.450. The van der Waals surface area contributed by atoms with Crippen molar-refractivity contribution in [2.24, 2.45) is 0 Å². The van der Waals surface area contributed by atoms with Crippen LogP contribution in [0.15, 0.2) is 59.3 Å². The van der Waals surface area contributed by atoms with Gasteiger partial charge in [0.15, 0.2) is 5.69 Å². The molecule has 136 valence electrons. The first-order valence-corrected chi connectivity index (χ1v) is 7.78. The number of aromatic amines is 1. The first-order valence-electron chi connectivity index (χ1n) is 7.78. The molecule has 0 fully saturated rings. The van der Waals surface area contributed by atoms with Gasteiger partial charge in [0.25, 0.3) is 5.91 Å². The zero-order valence-electron chi connectivity index (χ0n) is 13.5. The Balaban J connectivity index is 1.52. The van der Waals surface area contributed by atoms with E-state index in [9.17, 15) is 18.0 Å². The van der Waals surface area contributed by atoms with Crippen LogP contribution in [0.1, 0.15) is 16.1 Å². The number of fused-ring (bicyclic) bond motifs is 1. The predicted octanol–water partition coefficient (Wildman–Crippen LogP) is 4.49. The van der Waals surface area contributed by atoms with E-state index in [4.69, 9.17) is 4.42 Å². The largest absolute Gasteiger partial charge is 0.444 e. The first kappa shape index (κ1) is 16.8. The molecular weight excluding hydrogens is 361 g/mol. The monoisotopic (exact) mass is 372 g/mol. The summed E-state index contributed by atoms with van der Waals surface area (Å²) in [4.78, 5) is 16.4. The van der Waals surface area contributed by atoms with Gasteiger partial charge in [0, 0.05) is 16.6 Å². The van der Waals surface area contributed by atoms with Gasteiger partial charge in [0.2, 0.25) is 5.89 Å². The van der Waals surface area contributed by atoms with Crippen molar-refractivity contribution in [3.63, 3.8) is 0 Å². The third-order valence-electron chi connectivity index (χ3n) is 3.90. The quantitative estimate of drug-likeness (QED) is 0.555. The SMILES string of the molecule is O=C(Nc1ccc2cn[nH]c2c1)c1coc(-c2ccc(C(F)(F)F)cc2)n1. The molecule has 0 aliphatic heterocycles. The Labute approximate surface area is 150 Å². The van der Waals surface area contributed by atoms with Crippen molar-refractivity contribution in [2.45, 2.75) is 6.18 Å². The molecule has 0 aliphatic carbocycles. The lowest BCUT2D eigenvalue weighted by Crippen LogP contribution is -2.12. The summed E-state index contributed by atoms with van der Waals surface area (Å²) < 4.78 is 43.1. The lowest BCUT2D eigenvalue weighted by atomic mass is 10.1. The number of halogens is 3. The van der Waals surface area contributed by atoms with Crippen molar-refractivity contribution in [1.82, 2.24) is 15.2 Å². The lowest BCUT2D eigenvalue weighted by molar-refractivity contribution is -0.137. The van der Waals surface area contributed by atoms with Gasteiger partial charge in [-0.1, -0.05) is 0 Å². The molecule has 2 heterocycles. The number of alkyl halides is 3. The van der Waals surface area contributed by atoms with Crippen molar-refractivity contribution in [3.05, 3.63) is 66.2 Å². The van der Waals surface area contributed by atoms with Crippen LogP contribution in [0, 0.1) is 0 Å². The molecule has 0 radical (unpaired) electrons. The smallest absolute Gasteiger partial charge is 0.416 e. The lowest BCUT2D eigenvalue weighted by Gasteiger charge is -2.06. The third kappa shape index (κ3) is 3.39. The molecule has 0 unspecified atom stereocenters. The van der Waals surface area contributed by atoms with Gasteiger partial charge < -0.3 is 9.73 Å². The number of carbonyl (C=O) groups is 1. The average molecular weight is 372 g/mol. The van der Waals surface area contributed by atoms with Crippen molar-refractivity contribution in [3.8, 4) is 11.5 Å². The van der Waals surface area contributed by atoms with Crippen LogP contribution < -0.4 is 5.32 Å². The maximum Gasteiger partial charge on any atom is 0.416 e. The van der Waals surface area contributed by atoms with Gasteiger partial charge in [0.05, 0.1) is 17.3 Å². The van der Waals surface area contributed by atoms with Crippen molar-refractivity contribution in [1.29, 1.82) is 0 Å². The van der Waals surface area contributed by atoms with E-state index in [2.05, 4.69) is 20.5 Å². The zero-order valence-corrected chi connectivity index (χ0v) is 13.5. The molecule has 2 aromatic heterocycles. The fourth-order valence-corrected chi connectivity index (χ4v) is 2.52. The Bertz CT molecular complexity index is 1110. The van der Waals surface area contributed by atoms with Crippen LogP contribution in [-0.2, 0) is 6.18 Å². The molecule has 27 heavy (non-hydrogen) atoms. The summed E-state index contributed by atoms with van der Waals surface area (Å²) in [6, 6.07) is 9.57. The molecule has 0 atom stereocenters. The van der Waals surface area contributed by atoms with E-state index < -0.39 is 17.6 Å². The van der Waals surface area contributed by atoms with E-state index in [1.165, 1.54) is 12.1 Å². The molecule has 0 bridgehead atoms. The highest BCUT2D eigenvalue weighted by molar-refractivity contribution is 6.03. The maximum absolute atomic E-state index is 12.6. The zero-order chi connectivity index (χ0) is 19.0. The Morgan fingerprint density at radius 1 is 1.11 bits per heavy atom. The van der Waals surface area contributed by atoms with Gasteiger partial charge in [-0.2, -0.15) is 18.3 Å². The molecule has 0 spiro atoms. The number of oxazole rings is 1. The van der Waals surface area contributed by atoms with E-state index in [-0.39, 0.29) is 11.6 Å². The molecule has 1 amide bonds. The molecule has 0 saturated heterocycles. The number of nitrogens with zero attached hydrogens (tertiary/aromatic N) is 2. The Morgan fingerprint density at radius 3 is 2.63 bits per heavy atom. The number of nitrogens with one attached hydrogen (secondary N) is 2. The summed E-state index contributed by atoms with van der Waals surface area (Å²) in [5.41, 5.74) is 0.870. The second kappa shape index (κ2) is 6.27. The summed E-state index contributed by atoms with van der Waals surface area (Å²) in [7, 11) is 0. The van der Waals surface area contributed by atoms with Crippen LogP contribution in [0.4, 0.5) is 18.9 Å². The van der Waals surface area contributed by atoms with Gasteiger partial charge >= 0.3 is 6.18 Å². The van der Waals surface area contributed by atoms with E-state index >= 15 is 0 Å². The first-order chi connectivity index (χ1) is 12.9. The fourth-order valence-electron chi connectivity index (χ4n) is 2.52. The highest BCUT2D eigenvalue weighted by Crippen LogP contribution is 2.30. The van der Waals surface area contributed by atoms with Gasteiger partial charge in [-0.15, -0.1) is 0 Å². The van der Waals surface area contributed by atoms with Crippen molar-refractivity contribution < 1.29 is 22.4 Å². The van der Waals surface area contributed by atoms with E-state index in [0.717, 1.165) is 29.3 Å². The number of hydrogen-bond acceptors (Lipinski definition) is 4. The Kier molecular flexibility index (Phi) is 3.91. The standard InChI is InChI=1S/C18H11F3N4O2/c19-18(20,21)12-4-1-10(2-5-12)17-24-15(9-27-17)16(26)23-13-6-3-11-8-22-25-14(11)7-13/h1-9H,(H,22,25)(H,23,26). The molecule has 4 aromatic rings. The molecule has 4 rings (SSSR count). The topological polar surface area (TPSA) is 83.8 Å². The number of hydrogen-bond donors (Lipinski definition) is 2. The third-order valence-corrected chi connectivity index (χ3v) is 3.90. The molecular formula is C18H11F3N4O2. The predicted molar refractivity (Wildman–Crippen MR) is 91.0 cm³/mol. The number of rotatable bonds is 3. The van der Waals surface area contributed by atoms with Crippen LogP contribution in [0.3, 0.4) is 0 Å². The average Bonchev–Trinajstić information content (AvgIpc) is 3.30. The highest BCUT2D eigenvalue weighted by atomic mass is 19.4. The van der Waals surface area contributed by atoms with E-state index in [1.807, 2.05) is 0 Å². The Hall–Kier alpha value is -3.62. The van der Waals surface area contributed by atoms with Gasteiger partial charge in [0.1, 0.15) is 6.26 Å².